The number of aromatic nitrogens is 2. The highest BCUT2D eigenvalue weighted by atomic mass is 35.5. The number of anilines is 1. The van der Waals surface area contributed by atoms with Crippen molar-refractivity contribution in [3.05, 3.63) is 4.47 Å². The quantitative estimate of drug-likeness (QED) is 0.639. The molecule has 0 spiro atoms. The summed E-state index contributed by atoms with van der Waals surface area (Å²) in [7, 11) is 0. The van der Waals surface area contributed by atoms with Crippen LogP contribution in [0.15, 0.2) is 0 Å². The Morgan fingerprint density at radius 2 is 2.12 bits per heavy atom. The first-order chi connectivity index (χ1) is 3.29. The first-order valence-electron chi connectivity index (χ1n) is 1.53. The summed E-state index contributed by atoms with van der Waals surface area (Å²) in [6, 6.07) is 0. The molecule has 3 nitrogen and oxygen atoms in total. The lowest BCUT2D eigenvalue weighted by molar-refractivity contribution is 1.10. The van der Waals surface area contributed by atoms with E-state index >= 15 is 0 Å². The van der Waals surface area contributed by atoms with Crippen molar-refractivity contribution in [3.8, 4) is 0 Å². The van der Waals surface area contributed by atoms with Crippen LogP contribution in [-0.4, -0.2) is 10.2 Å². The molecule has 2 N–H and O–H groups in total. The molecule has 0 aliphatic heterocycles. The summed E-state index contributed by atoms with van der Waals surface area (Å²) in [6.45, 7) is 0. The zero-order chi connectivity index (χ0) is 5.28. The van der Waals surface area contributed by atoms with Crippen molar-refractivity contribution in [3.63, 3.8) is 0 Å². The van der Waals surface area contributed by atoms with E-state index in [1.165, 1.54) is 0 Å². The Bertz CT molecular complexity index is 148. The Labute approximate surface area is 61.3 Å². The third-order valence-electron chi connectivity index (χ3n) is 0.416. The van der Waals surface area contributed by atoms with E-state index in [0.717, 1.165) is 11.3 Å². The molecule has 46 valence electrons. The molecule has 0 aromatic carbocycles. The molecule has 0 saturated heterocycles. The van der Waals surface area contributed by atoms with Gasteiger partial charge in [0.05, 0.1) is 0 Å². The predicted molar refractivity (Wildman–Crippen MR) is 36.6 cm³/mol. The van der Waals surface area contributed by atoms with Crippen LogP contribution < -0.4 is 5.73 Å². The lowest BCUT2D eigenvalue weighted by Gasteiger charge is -1.65. The number of hydrogen-bond acceptors (Lipinski definition) is 4. The molecule has 0 amide bonds. The molecular formula is C2H3Cl2N3S. The van der Waals surface area contributed by atoms with Crippen LogP contribution in [0.2, 0.25) is 4.47 Å². The van der Waals surface area contributed by atoms with E-state index in [0.29, 0.717) is 9.60 Å². The van der Waals surface area contributed by atoms with Crippen LogP contribution in [-0.2, 0) is 0 Å². The van der Waals surface area contributed by atoms with Crippen LogP contribution in [0.3, 0.4) is 0 Å². The highest BCUT2D eigenvalue weighted by molar-refractivity contribution is 7.18. The van der Waals surface area contributed by atoms with Crippen LogP contribution in [0.25, 0.3) is 0 Å². The second-order valence-corrected chi connectivity index (χ2v) is 2.48. The Morgan fingerprint density at radius 1 is 1.50 bits per heavy atom. The maximum absolute atomic E-state index is 5.33. The molecular weight excluding hydrogens is 169 g/mol. The van der Waals surface area contributed by atoms with Gasteiger partial charge < -0.3 is 5.73 Å². The Kier molecular flexibility index (Phi) is 3.04. The minimum Gasteiger partial charge on any atom is -0.374 e. The second kappa shape index (κ2) is 3.06. The monoisotopic (exact) mass is 171 g/mol. The zero-order valence-corrected chi connectivity index (χ0v) is 6.06. The fraction of sp³-hybridized carbons (Fsp3) is 0. The fourth-order valence-electron chi connectivity index (χ4n) is 0.216. The van der Waals surface area contributed by atoms with Gasteiger partial charge in [-0.05, 0) is 11.6 Å². The topological polar surface area (TPSA) is 51.8 Å². The van der Waals surface area contributed by atoms with Gasteiger partial charge in [-0.3, -0.25) is 0 Å². The van der Waals surface area contributed by atoms with Crippen LogP contribution in [0, 0.1) is 0 Å². The van der Waals surface area contributed by atoms with Crippen molar-refractivity contribution in [2.24, 2.45) is 0 Å². The molecule has 0 bridgehead atoms. The summed E-state index contributed by atoms with van der Waals surface area (Å²) in [5, 5.41) is 7.26. The van der Waals surface area contributed by atoms with Crippen LogP contribution in [0.5, 0.6) is 0 Å². The highest BCUT2D eigenvalue weighted by Crippen LogP contribution is 2.15. The smallest absolute Gasteiger partial charge is 0.208 e. The lowest BCUT2D eigenvalue weighted by Crippen LogP contribution is -1.79. The average molecular weight is 172 g/mol. The molecule has 0 radical (unpaired) electrons. The number of halogens is 2. The van der Waals surface area contributed by atoms with Crippen LogP contribution in [0.4, 0.5) is 5.13 Å². The fourth-order valence-corrected chi connectivity index (χ4v) is 0.827. The SMILES string of the molecule is Cl.Nc1nnc(Cl)s1. The summed E-state index contributed by atoms with van der Waals surface area (Å²) in [6.07, 6.45) is 0. The van der Waals surface area contributed by atoms with Gasteiger partial charge in [-0.1, -0.05) is 11.3 Å². The molecule has 0 fully saturated rings. The number of nitrogens with zero attached hydrogens (tertiary/aromatic N) is 2. The summed E-state index contributed by atoms with van der Waals surface area (Å²) in [4.78, 5) is 0. The molecule has 6 heteroatoms. The Morgan fingerprint density at radius 3 is 2.25 bits per heavy atom. The van der Waals surface area contributed by atoms with E-state index in [9.17, 15) is 0 Å². The molecule has 1 aromatic heterocycles. The average Bonchev–Trinajstić information content (AvgIpc) is 1.87. The summed E-state index contributed by atoms with van der Waals surface area (Å²) in [5.41, 5.74) is 5.14. The van der Waals surface area contributed by atoms with Gasteiger partial charge in [0, 0.05) is 0 Å². The Hall–Kier alpha value is -0.0600. The van der Waals surface area contributed by atoms with Crippen LogP contribution in [0.1, 0.15) is 0 Å². The third-order valence-corrected chi connectivity index (χ3v) is 1.26. The van der Waals surface area contributed by atoms with Crippen molar-refractivity contribution in [2.75, 3.05) is 5.73 Å². The normalized spacial score (nSPS) is 8.12. The molecule has 0 saturated carbocycles. The van der Waals surface area contributed by atoms with E-state index in [1.54, 1.807) is 0 Å². The van der Waals surface area contributed by atoms with Crippen molar-refractivity contribution >= 4 is 40.5 Å². The van der Waals surface area contributed by atoms with E-state index in [4.69, 9.17) is 17.3 Å². The number of nitrogens with two attached hydrogens (primary N) is 1. The summed E-state index contributed by atoms with van der Waals surface area (Å²) in [5.74, 6) is 0. The molecule has 0 atom stereocenters. The number of nitrogen functional groups attached to an aromatic ring is 1. The van der Waals surface area contributed by atoms with E-state index < -0.39 is 0 Å². The largest absolute Gasteiger partial charge is 0.374 e. The van der Waals surface area contributed by atoms with Crippen molar-refractivity contribution in [1.29, 1.82) is 0 Å². The van der Waals surface area contributed by atoms with Crippen LogP contribution >= 0.6 is 35.3 Å². The summed E-state index contributed by atoms with van der Waals surface area (Å²) < 4.78 is 0.387. The first kappa shape index (κ1) is 7.94. The predicted octanol–water partition coefficient (Wildman–Crippen LogP) is 1.20. The van der Waals surface area contributed by atoms with Crippen molar-refractivity contribution in [2.45, 2.75) is 0 Å². The number of rotatable bonds is 0. The summed E-state index contributed by atoms with van der Waals surface area (Å²) >= 11 is 6.49. The molecule has 0 unspecified atom stereocenters. The van der Waals surface area contributed by atoms with Crippen molar-refractivity contribution in [1.82, 2.24) is 10.2 Å². The molecule has 1 aromatic rings. The molecule has 0 aliphatic rings. The van der Waals surface area contributed by atoms with Gasteiger partial charge in [-0.2, -0.15) is 0 Å². The minimum absolute atomic E-state index is 0. The van der Waals surface area contributed by atoms with Crippen molar-refractivity contribution < 1.29 is 0 Å². The van der Waals surface area contributed by atoms with Gasteiger partial charge in [0.15, 0.2) is 0 Å². The number of hydrogen-bond donors (Lipinski definition) is 1. The first-order valence-corrected chi connectivity index (χ1v) is 2.73. The highest BCUT2D eigenvalue weighted by Gasteiger charge is 1.91. The second-order valence-electron chi connectivity index (χ2n) is 0.893. The van der Waals surface area contributed by atoms with E-state index in [1.807, 2.05) is 0 Å². The lowest BCUT2D eigenvalue weighted by atomic mass is 11.3. The standard InChI is InChI=1S/C2H2ClN3S.ClH/c3-1-5-6-2(4)7-1;/h(H2,4,6);1H. The molecule has 8 heavy (non-hydrogen) atoms. The van der Waals surface area contributed by atoms with Gasteiger partial charge in [-0.25, -0.2) is 0 Å². The minimum atomic E-state index is 0. The van der Waals surface area contributed by atoms with Gasteiger partial charge in [0.2, 0.25) is 9.60 Å². The maximum Gasteiger partial charge on any atom is 0.208 e. The molecule has 0 aliphatic carbocycles. The van der Waals surface area contributed by atoms with E-state index in [-0.39, 0.29) is 12.4 Å². The molecule has 1 rings (SSSR count). The van der Waals surface area contributed by atoms with Gasteiger partial charge >= 0.3 is 0 Å². The molecule has 1 heterocycles. The van der Waals surface area contributed by atoms with Gasteiger partial charge in [0.25, 0.3) is 0 Å². The third kappa shape index (κ3) is 1.81. The zero-order valence-electron chi connectivity index (χ0n) is 3.67. The van der Waals surface area contributed by atoms with Gasteiger partial charge in [-0.15, -0.1) is 22.6 Å². The van der Waals surface area contributed by atoms with E-state index in [2.05, 4.69) is 10.2 Å². The van der Waals surface area contributed by atoms with Gasteiger partial charge in [0.1, 0.15) is 0 Å². The maximum atomic E-state index is 5.33. The Balaban J connectivity index is 0.000000490.